The van der Waals surface area contributed by atoms with Crippen LogP contribution in [0.15, 0.2) is 28.6 Å². The van der Waals surface area contributed by atoms with E-state index in [1.165, 1.54) is 11.8 Å². The molecule has 2 aromatic heterocycles. The minimum absolute atomic E-state index is 0.485. The van der Waals surface area contributed by atoms with E-state index in [4.69, 9.17) is 11.6 Å². The molecule has 0 bridgehead atoms. The van der Waals surface area contributed by atoms with E-state index in [1.807, 2.05) is 6.92 Å². The van der Waals surface area contributed by atoms with Crippen LogP contribution in [-0.2, 0) is 0 Å². The summed E-state index contributed by atoms with van der Waals surface area (Å²) < 4.78 is 0. The first kappa shape index (κ1) is 11.9. The Hall–Kier alpha value is -1.20. The summed E-state index contributed by atoms with van der Waals surface area (Å²) in [5, 5.41) is 2.06. The van der Waals surface area contributed by atoms with Crippen LogP contribution in [0, 0.1) is 6.92 Å². The third-order valence-electron chi connectivity index (χ3n) is 2.73. The summed E-state index contributed by atoms with van der Waals surface area (Å²) in [4.78, 5) is 17.3. The van der Waals surface area contributed by atoms with Crippen LogP contribution in [0.25, 0.3) is 0 Å². The zero-order chi connectivity index (χ0) is 12.5. The molecule has 0 aromatic carbocycles. The quantitative estimate of drug-likeness (QED) is 0.637. The highest BCUT2D eigenvalue weighted by molar-refractivity contribution is 7.99. The standard InChI is InChI=1S/C12H11ClN4S/c1-7-9(13)16-10(8-3-4-8)17-11(7)18-12-14-5-2-6-15-12/h2,5-6,8H,3-4H2,1H3. The van der Waals surface area contributed by atoms with Crippen molar-refractivity contribution in [2.24, 2.45) is 0 Å². The molecule has 0 spiro atoms. The maximum atomic E-state index is 6.15. The molecule has 0 aliphatic heterocycles. The first-order valence-electron chi connectivity index (χ1n) is 5.73. The minimum Gasteiger partial charge on any atom is -0.231 e. The van der Waals surface area contributed by atoms with Crippen LogP contribution >= 0.6 is 23.4 Å². The molecule has 1 saturated carbocycles. The average molecular weight is 279 g/mol. The van der Waals surface area contributed by atoms with Gasteiger partial charge in [0, 0.05) is 23.9 Å². The van der Waals surface area contributed by atoms with E-state index in [-0.39, 0.29) is 0 Å². The molecule has 2 heterocycles. The summed E-state index contributed by atoms with van der Waals surface area (Å²) in [5.41, 5.74) is 0.888. The number of aromatic nitrogens is 4. The minimum atomic E-state index is 0.485. The van der Waals surface area contributed by atoms with Gasteiger partial charge in [0.2, 0.25) is 0 Å². The average Bonchev–Trinajstić information content (AvgIpc) is 3.20. The summed E-state index contributed by atoms with van der Waals surface area (Å²) in [6, 6.07) is 1.79. The third kappa shape index (κ3) is 2.47. The summed E-state index contributed by atoms with van der Waals surface area (Å²) in [6.45, 7) is 1.92. The monoisotopic (exact) mass is 278 g/mol. The highest BCUT2D eigenvalue weighted by Crippen LogP contribution is 2.40. The lowest BCUT2D eigenvalue weighted by molar-refractivity contribution is 0.857. The fourth-order valence-corrected chi connectivity index (χ4v) is 2.55. The smallest absolute Gasteiger partial charge is 0.193 e. The number of hydrogen-bond donors (Lipinski definition) is 0. The molecule has 6 heteroatoms. The van der Waals surface area contributed by atoms with Gasteiger partial charge in [-0.1, -0.05) is 11.6 Å². The highest BCUT2D eigenvalue weighted by atomic mass is 35.5. The van der Waals surface area contributed by atoms with Gasteiger partial charge in [0.05, 0.1) is 0 Å². The Bertz CT molecular complexity index is 572. The lowest BCUT2D eigenvalue weighted by Gasteiger charge is -2.07. The van der Waals surface area contributed by atoms with Crippen molar-refractivity contribution in [1.29, 1.82) is 0 Å². The van der Waals surface area contributed by atoms with E-state index >= 15 is 0 Å². The van der Waals surface area contributed by atoms with Gasteiger partial charge in [-0.25, -0.2) is 19.9 Å². The van der Waals surface area contributed by atoms with Gasteiger partial charge in [-0.3, -0.25) is 0 Å². The fourth-order valence-electron chi connectivity index (χ4n) is 1.53. The molecule has 18 heavy (non-hydrogen) atoms. The van der Waals surface area contributed by atoms with Gasteiger partial charge < -0.3 is 0 Å². The molecule has 1 aliphatic rings. The predicted molar refractivity (Wildman–Crippen MR) is 69.9 cm³/mol. The summed E-state index contributed by atoms with van der Waals surface area (Å²) >= 11 is 7.58. The van der Waals surface area contributed by atoms with Gasteiger partial charge in [-0.15, -0.1) is 0 Å². The van der Waals surface area contributed by atoms with E-state index in [0.717, 1.165) is 29.3 Å². The topological polar surface area (TPSA) is 51.6 Å². The Morgan fingerprint density at radius 2 is 1.94 bits per heavy atom. The van der Waals surface area contributed by atoms with E-state index in [9.17, 15) is 0 Å². The Labute approximate surface area is 114 Å². The van der Waals surface area contributed by atoms with Gasteiger partial charge in [0.15, 0.2) is 5.16 Å². The summed E-state index contributed by atoms with van der Waals surface area (Å²) in [7, 11) is 0. The maximum Gasteiger partial charge on any atom is 0.193 e. The number of nitrogens with zero attached hydrogens (tertiary/aromatic N) is 4. The maximum absolute atomic E-state index is 6.15. The molecule has 1 aliphatic carbocycles. The zero-order valence-electron chi connectivity index (χ0n) is 9.80. The normalized spacial score (nSPS) is 14.8. The lowest BCUT2D eigenvalue weighted by Crippen LogP contribution is -1.99. The van der Waals surface area contributed by atoms with Crippen LogP contribution in [0.2, 0.25) is 5.15 Å². The van der Waals surface area contributed by atoms with Crippen molar-refractivity contribution in [2.45, 2.75) is 35.9 Å². The van der Waals surface area contributed by atoms with Crippen molar-refractivity contribution >= 4 is 23.4 Å². The fraction of sp³-hybridized carbons (Fsp3) is 0.333. The van der Waals surface area contributed by atoms with Crippen LogP contribution in [0.1, 0.15) is 30.1 Å². The van der Waals surface area contributed by atoms with Crippen LogP contribution in [0.4, 0.5) is 0 Å². The number of halogens is 1. The Balaban J connectivity index is 1.95. The van der Waals surface area contributed by atoms with Crippen molar-refractivity contribution in [1.82, 2.24) is 19.9 Å². The van der Waals surface area contributed by atoms with E-state index in [2.05, 4.69) is 19.9 Å². The van der Waals surface area contributed by atoms with Crippen molar-refractivity contribution < 1.29 is 0 Å². The van der Waals surface area contributed by atoms with E-state index in [1.54, 1.807) is 18.5 Å². The molecule has 1 fully saturated rings. The van der Waals surface area contributed by atoms with Crippen molar-refractivity contribution in [3.8, 4) is 0 Å². The van der Waals surface area contributed by atoms with Crippen molar-refractivity contribution in [2.75, 3.05) is 0 Å². The zero-order valence-corrected chi connectivity index (χ0v) is 11.4. The van der Waals surface area contributed by atoms with Crippen LogP contribution in [0.5, 0.6) is 0 Å². The molecule has 0 atom stereocenters. The second-order valence-electron chi connectivity index (χ2n) is 4.21. The first-order valence-corrected chi connectivity index (χ1v) is 6.92. The van der Waals surface area contributed by atoms with E-state index in [0.29, 0.717) is 16.2 Å². The molecule has 0 radical (unpaired) electrons. The summed E-state index contributed by atoms with van der Waals surface area (Å²) in [6.07, 6.45) is 5.75. The molecule has 2 aromatic rings. The predicted octanol–water partition coefficient (Wildman–Crippen LogP) is 3.26. The second-order valence-corrected chi connectivity index (χ2v) is 5.52. The van der Waals surface area contributed by atoms with E-state index < -0.39 is 0 Å². The Kier molecular flexibility index (Phi) is 3.18. The van der Waals surface area contributed by atoms with Gasteiger partial charge >= 0.3 is 0 Å². The molecule has 0 saturated heterocycles. The number of hydrogen-bond acceptors (Lipinski definition) is 5. The molecule has 3 rings (SSSR count). The van der Waals surface area contributed by atoms with Crippen molar-refractivity contribution in [3.63, 3.8) is 0 Å². The highest BCUT2D eigenvalue weighted by Gasteiger charge is 2.28. The molecular weight excluding hydrogens is 268 g/mol. The van der Waals surface area contributed by atoms with Gasteiger partial charge in [0.25, 0.3) is 0 Å². The van der Waals surface area contributed by atoms with Crippen LogP contribution in [-0.4, -0.2) is 19.9 Å². The SMILES string of the molecule is Cc1c(Cl)nc(C2CC2)nc1Sc1ncccn1. The molecule has 0 amide bonds. The van der Waals surface area contributed by atoms with Crippen LogP contribution in [0.3, 0.4) is 0 Å². The lowest BCUT2D eigenvalue weighted by atomic mass is 10.3. The first-order chi connectivity index (χ1) is 8.74. The largest absolute Gasteiger partial charge is 0.231 e. The van der Waals surface area contributed by atoms with Crippen molar-refractivity contribution in [3.05, 3.63) is 35.0 Å². The molecule has 0 N–H and O–H groups in total. The Morgan fingerprint density at radius 3 is 2.61 bits per heavy atom. The second kappa shape index (κ2) is 4.82. The Morgan fingerprint density at radius 1 is 1.22 bits per heavy atom. The number of rotatable bonds is 3. The molecule has 92 valence electrons. The molecule has 0 unspecified atom stereocenters. The van der Waals surface area contributed by atoms with Crippen LogP contribution < -0.4 is 0 Å². The van der Waals surface area contributed by atoms with Gasteiger partial charge in [0.1, 0.15) is 16.0 Å². The third-order valence-corrected chi connectivity index (χ3v) is 4.08. The molecular formula is C12H11ClN4S. The van der Waals surface area contributed by atoms with Gasteiger partial charge in [-0.05, 0) is 37.6 Å². The van der Waals surface area contributed by atoms with Gasteiger partial charge in [-0.2, -0.15) is 0 Å². The summed E-state index contributed by atoms with van der Waals surface area (Å²) in [5.74, 6) is 1.34. The molecule has 4 nitrogen and oxygen atoms in total.